The molecule has 2 N–H and O–H groups in total. The lowest BCUT2D eigenvalue weighted by Gasteiger charge is -2.32. The third-order valence-electron chi connectivity index (χ3n) is 3.24. The van der Waals surface area contributed by atoms with Gasteiger partial charge < -0.3 is 10.6 Å². The molecule has 2 rings (SSSR count). The second kappa shape index (κ2) is 6.70. The molecular weight excluding hydrogens is 312 g/mol. The monoisotopic (exact) mass is 330 g/mol. The summed E-state index contributed by atoms with van der Waals surface area (Å²) >= 11 is 7.27. The fourth-order valence-corrected chi connectivity index (χ4v) is 3.07. The first-order chi connectivity index (χ1) is 9.88. The number of hydrogen-bond acceptors (Lipinski definition) is 4. The van der Waals surface area contributed by atoms with E-state index in [1.54, 1.807) is 17.1 Å². The molecule has 0 spiro atoms. The first-order valence-electron chi connectivity index (χ1n) is 6.79. The number of carbonyl (C=O) groups excluding carboxylic acids is 2. The van der Waals surface area contributed by atoms with E-state index in [0.29, 0.717) is 23.9 Å². The minimum atomic E-state index is -0.462. The highest BCUT2D eigenvalue weighted by atomic mass is 35.5. The molecule has 0 saturated carbocycles. The van der Waals surface area contributed by atoms with E-state index < -0.39 is 10.8 Å². The molecule has 1 fully saturated rings. The summed E-state index contributed by atoms with van der Waals surface area (Å²) in [5, 5.41) is 10.3. The molecule has 116 valence electrons. The number of nitrogens with one attached hydrogen (secondary N) is 2. The maximum absolute atomic E-state index is 12.0. The topological polar surface area (TPSA) is 76.0 Å². The highest BCUT2D eigenvalue weighted by Crippen LogP contribution is 2.28. The Hall–Kier alpha value is -1.21. The number of aromatic nitrogens is 2. The Balaban J connectivity index is 1.69. The lowest BCUT2D eigenvalue weighted by atomic mass is 10.1. The molecule has 1 saturated heterocycles. The van der Waals surface area contributed by atoms with Crippen molar-refractivity contribution in [1.29, 1.82) is 0 Å². The van der Waals surface area contributed by atoms with E-state index in [4.69, 9.17) is 11.6 Å². The van der Waals surface area contributed by atoms with Gasteiger partial charge in [-0.15, -0.1) is 11.8 Å². The summed E-state index contributed by atoms with van der Waals surface area (Å²) in [5.41, 5.74) is 0. The average molecular weight is 331 g/mol. The van der Waals surface area contributed by atoms with E-state index in [-0.39, 0.29) is 11.8 Å². The van der Waals surface area contributed by atoms with Crippen molar-refractivity contribution >= 4 is 35.2 Å². The van der Waals surface area contributed by atoms with Crippen molar-refractivity contribution in [3.05, 3.63) is 17.4 Å². The van der Waals surface area contributed by atoms with Crippen LogP contribution < -0.4 is 10.6 Å². The van der Waals surface area contributed by atoms with E-state index in [2.05, 4.69) is 15.7 Å². The van der Waals surface area contributed by atoms with Crippen LogP contribution >= 0.6 is 23.4 Å². The van der Waals surface area contributed by atoms with Crippen LogP contribution in [0.2, 0.25) is 5.02 Å². The van der Waals surface area contributed by atoms with Crippen molar-refractivity contribution in [2.24, 2.45) is 0 Å². The molecule has 21 heavy (non-hydrogen) atoms. The predicted octanol–water partition coefficient (Wildman–Crippen LogP) is 1.05. The molecule has 8 heteroatoms. The average Bonchev–Trinajstić information content (AvgIpc) is 2.83. The van der Waals surface area contributed by atoms with Crippen molar-refractivity contribution in [2.45, 2.75) is 37.6 Å². The number of carbonyl (C=O) groups is 2. The van der Waals surface area contributed by atoms with Gasteiger partial charge in [-0.3, -0.25) is 14.3 Å². The van der Waals surface area contributed by atoms with E-state index in [1.807, 2.05) is 13.8 Å². The molecular formula is C13H19ClN4O2S. The summed E-state index contributed by atoms with van der Waals surface area (Å²) in [6.45, 7) is 4.94. The molecule has 1 atom stereocenters. The number of aryl methyl sites for hydroxylation is 1. The first-order valence-corrected chi connectivity index (χ1v) is 8.15. The number of rotatable bonds is 5. The maximum Gasteiger partial charge on any atom is 0.243 e. The summed E-state index contributed by atoms with van der Waals surface area (Å²) in [5.74, 6) is 0.370. The van der Waals surface area contributed by atoms with Gasteiger partial charge in [-0.05, 0) is 20.3 Å². The minimum Gasteiger partial charge on any atom is -0.354 e. The smallest absolute Gasteiger partial charge is 0.243 e. The Bertz CT molecular complexity index is 532. The molecule has 0 bridgehead atoms. The molecule has 2 heterocycles. The van der Waals surface area contributed by atoms with Crippen LogP contribution in [-0.4, -0.2) is 44.7 Å². The Kier molecular flexibility index (Phi) is 5.16. The van der Waals surface area contributed by atoms with Crippen LogP contribution in [0, 0.1) is 0 Å². The Labute approximate surface area is 133 Å². The zero-order valence-electron chi connectivity index (χ0n) is 12.1. The largest absolute Gasteiger partial charge is 0.354 e. The predicted molar refractivity (Wildman–Crippen MR) is 83.3 cm³/mol. The van der Waals surface area contributed by atoms with Crippen LogP contribution in [0.4, 0.5) is 0 Å². The molecule has 6 nitrogen and oxygen atoms in total. The number of nitrogens with zero attached hydrogens (tertiary/aromatic N) is 2. The van der Waals surface area contributed by atoms with Gasteiger partial charge in [0.2, 0.25) is 11.8 Å². The van der Waals surface area contributed by atoms with Gasteiger partial charge in [0.25, 0.3) is 0 Å². The van der Waals surface area contributed by atoms with Crippen molar-refractivity contribution in [3.63, 3.8) is 0 Å². The van der Waals surface area contributed by atoms with Gasteiger partial charge in [0.05, 0.1) is 16.0 Å². The molecule has 0 aromatic carbocycles. The maximum atomic E-state index is 12.0. The van der Waals surface area contributed by atoms with E-state index >= 15 is 0 Å². The standard InChI is InChI=1S/C13H19ClN4O2S/c1-13(2)12(20)17-10(8-21-13)11(19)15-4-3-5-18-7-9(14)6-16-18/h6-7,10H,3-5,8H2,1-2H3,(H,15,19)(H,17,20). The van der Waals surface area contributed by atoms with Crippen LogP contribution in [0.1, 0.15) is 20.3 Å². The Morgan fingerprint density at radius 2 is 2.43 bits per heavy atom. The van der Waals surface area contributed by atoms with Crippen molar-refractivity contribution < 1.29 is 9.59 Å². The van der Waals surface area contributed by atoms with Gasteiger partial charge in [-0.25, -0.2) is 0 Å². The molecule has 1 aliphatic heterocycles. The van der Waals surface area contributed by atoms with Crippen LogP contribution in [-0.2, 0) is 16.1 Å². The highest BCUT2D eigenvalue weighted by molar-refractivity contribution is 8.01. The molecule has 1 aromatic heterocycles. The number of amides is 2. The van der Waals surface area contributed by atoms with Gasteiger partial charge >= 0.3 is 0 Å². The first kappa shape index (κ1) is 16.2. The molecule has 2 amide bonds. The van der Waals surface area contributed by atoms with Crippen LogP contribution in [0.15, 0.2) is 12.4 Å². The van der Waals surface area contributed by atoms with E-state index in [0.717, 1.165) is 6.42 Å². The van der Waals surface area contributed by atoms with Crippen LogP contribution in [0.3, 0.4) is 0 Å². The summed E-state index contributed by atoms with van der Waals surface area (Å²) in [6.07, 6.45) is 4.07. The SMILES string of the molecule is CC1(C)SCC(C(=O)NCCCn2cc(Cl)cn2)NC1=O. The molecule has 0 radical (unpaired) electrons. The summed E-state index contributed by atoms with van der Waals surface area (Å²) in [4.78, 5) is 23.8. The quantitative estimate of drug-likeness (QED) is 0.791. The fraction of sp³-hybridized carbons (Fsp3) is 0.615. The number of hydrogen-bond donors (Lipinski definition) is 2. The Morgan fingerprint density at radius 1 is 1.67 bits per heavy atom. The van der Waals surface area contributed by atoms with Gasteiger partial charge in [-0.1, -0.05) is 11.6 Å². The zero-order chi connectivity index (χ0) is 15.5. The van der Waals surface area contributed by atoms with Gasteiger partial charge in [0.15, 0.2) is 0 Å². The van der Waals surface area contributed by atoms with E-state index in [9.17, 15) is 9.59 Å². The third-order valence-corrected chi connectivity index (χ3v) is 4.85. The van der Waals surface area contributed by atoms with Crippen LogP contribution in [0.25, 0.3) is 0 Å². The lowest BCUT2D eigenvalue weighted by Crippen LogP contribution is -2.57. The molecule has 0 aliphatic carbocycles. The minimum absolute atomic E-state index is 0.0925. The van der Waals surface area contributed by atoms with Crippen LogP contribution in [0.5, 0.6) is 0 Å². The molecule has 1 unspecified atom stereocenters. The van der Waals surface area contributed by atoms with Gasteiger partial charge in [-0.2, -0.15) is 5.10 Å². The van der Waals surface area contributed by atoms with Crippen molar-refractivity contribution in [3.8, 4) is 0 Å². The van der Waals surface area contributed by atoms with Gasteiger partial charge in [0, 0.05) is 25.0 Å². The third kappa shape index (κ3) is 4.38. The summed E-state index contributed by atoms with van der Waals surface area (Å²) < 4.78 is 1.27. The second-order valence-corrected chi connectivity index (χ2v) is 7.49. The summed E-state index contributed by atoms with van der Waals surface area (Å²) in [6, 6.07) is -0.449. The van der Waals surface area contributed by atoms with Crippen molar-refractivity contribution in [2.75, 3.05) is 12.3 Å². The van der Waals surface area contributed by atoms with Crippen molar-refractivity contribution in [1.82, 2.24) is 20.4 Å². The highest BCUT2D eigenvalue weighted by Gasteiger charge is 2.37. The number of halogens is 1. The fourth-order valence-electron chi connectivity index (χ4n) is 1.91. The number of thioether (sulfide) groups is 1. The second-order valence-electron chi connectivity index (χ2n) is 5.41. The lowest BCUT2D eigenvalue weighted by molar-refractivity contribution is -0.129. The zero-order valence-corrected chi connectivity index (χ0v) is 13.6. The summed E-state index contributed by atoms with van der Waals surface area (Å²) in [7, 11) is 0. The van der Waals surface area contributed by atoms with E-state index in [1.165, 1.54) is 11.8 Å². The Morgan fingerprint density at radius 3 is 3.05 bits per heavy atom. The molecule has 1 aromatic rings. The molecule has 1 aliphatic rings. The normalized spacial score (nSPS) is 20.9. The van der Waals surface area contributed by atoms with Gasteiger partial charge in [0.1, 0.15) is 6.04 Å².